The predicted octanol–water partition coefficient (Wildman–Crippen LogP) is 3.16. The van der Waals surface area contributed by atoms with E-state index in [1.807, 2.05) is 12.2 Å². The van der Waals surface area contributed by atoms with Crippen LogP contribution in [0.1, 0.15) is 21.4 Å². The van der Waals surface area contributed by atoms with Crippen LogP contribution in [0.5, 0.6) is 0 Å². The number of carbonyl (C=O) groups excluding carboxylic acids is 1. The summed E-state index contributed by atoms with van der Waals surface area (Å²) < 4.78 is 24.8. The Morgan fingerprint density at radius 1 is 1.35 bits per heavy atom. The molecule has 1 amide bonds. The minimum absolute atomic E-state index is 0.0413. The summed E-state index contributed by atoms with van der Waals surface area (Å²) in [6, 6.07) is 1.37. The van der Waals surface area contributed by atoms with Crippen molar-refractivity contribution in [2.75, 3.05) is 12.3 Å². The monoisotopic (exact) mass is 396 g/mol. The number of halogens is 2. The van der Waals surface area contributed by atoms with Gasteiger partial charge in [-0.15, -0.1) is 0 Å². The molecule has 0 bridgehead atoms. The highest BCUT2D eigenvalue weighted by atomic mass is 35.5. The van der Waals surface area contributed by atoms with Gasteiger partial charge in [0.15, 0.2) is 0 Å². The summed E-state index contributed by atoms with van der Waals surface area (Å²) in [5.41, 5.74) is 0.811. The van der Waals surface area contributed by atoms with Gasteiger partial charge in [-0.25, -0.2) is 4.98 Å². The molecule has 26 heavy (non-hydrogen) atoms. The molecular weight excluding hydrogens is 377 g/mol. The third kappa shape index (κ3) is 3.04. The van der Waals surface area contributed by atoms with Gasteiger partial charge >= 0.3 is 0 Å². The summed E-state index contributed by atoms with van der Waals surface area (Å²) in [6.45, 7) is -0.425. The fourth-order valence-corrected chi connectivity index (χ4v) is 3.29. The third-order valence-corrected chi connectivity index (χ3v) is 4.47. The first-order chi connectivity index (χ1) is 13.5. The zero-order valence-electron chi connectivity index (χ0n) is 16.9. The lowest BCUT2D eigenvalue weighted by Gasteiger charge is -2.11. The van der Waals surface area contributed by atoms with Crippen molar-refractivity contribution in [3.8, 4) is 0 Å². The molecule has 0 radical (unpaired) electrons. The molecule has 3 heterocycles. The van der Waals surface area contributed by atoms with Crippen molar-refractivity contribution >= 4 is 51.4 Å². The van der Waals surface area contributed by atoms with Gasteiger partial charge in [0.1, 0.15) is 5.15 Å². The number of aryl methyl sites for hydroxylation is 2. The van der Waals surface area contributed by atoms with Gasteiger partial charge in [-0.2, -0.15) is 0 Å². The number of carbonyl (C=O) groups is 1. The van der Waals surface area contributed by atoms with Crippen LogP contribution in [0.4, 0.5) is 11.4 Å². The number of rotatable bonds is 4. The maximum Gasteiger partial charge on any atom is 0.262 e. The Balaban J connectivity index is 2.15. The summed E-state index contributed by atoms with van der Waals surface area (Å²) in [4.78, 5) is 29.1. The highest BCUT2D eigenvalue weighted by Crippen LogP contribution is 2.31. The smallest absolute Gasteiger partial charge is 0.262 e. The van der Waals surface area contributed by atoms with Crippen LogP contribution in [0.2, 0.25) is 10.2 Å². The Hall–Kier alpha value is -2.51. The van der Waals surface area contributed by atoms with E-state index >= 15 is 0 Å². The number of pyridine rings is 2. The third-order valence-electron chi connectivity index (χ3n) is 3.99. The van der Waals surface area contributed by atoms with Crippen molar-refractivity contribution in [3.63, 3.8) is 0 Å². The Labute approximate surface area is 163 Å². The average Bonchev–Trinajstić information content (AvgIpc) is 2.93. The zero-order chi connectivity index (χ0) is 21.5. The van der Waals surface area contributed by atoms with E-state index in [0.29, 0.717) is 28.2 Å². The molecule has 0 unspecified atom stereocenters. The van der Waals surface area contributed by atoms with Crippen LogP contribution in [-0.2, 0) is 13.6 Å². The highest BCUT2D eigenvalue weighted by molar-refractivity contribution is 6.35. The van der Waals surface area contributed by atoms with Crippen molar-refractivity contribution in [1.29, 1.82) is 0 Å². The van der Waals surface area contributed by atoms with E-state index in [9.17, 15) is 9.59 Å². The van der Waals surface area contributed by atoms with Gasteiger partial charge in [-0.1, -0.05) is 23.2 Å². The lowest BCUT2D eigenvalue weighted by Crippen LogP contribution is -2.20. The number of anilines is 2. The Kier molecular flexibility index (Phi) is 3.95. The Morgan fingerprint density at radius 2 is 2.12 bits per heavy atom. The largest absolute Gasteiger partial charge is 0.355 e. The van der Waals surface area contributed by atoms with Gasteiger partial charge in [-0.05, 0) is 13.0 Å². The maximum absolute atomic E-state index is 12.9. The fourth-order valence-electron chi connectivity index (χ4n) is 2.79. The van der Waals surface area contributed by atoms with E-state index in [-0.39, 0.29) is 22.0 Å². The van der Waals surface area contributed by atoms with E-state index in [1.165, 1.54) is 10.6 Å². The van der Waals surface area contributed by atoms with Gasteiger partial charge < -0.3 is 19.8 Å². The molecule has 3 aromatic rings. The fraction of sp³-hybridized carbons (Fsp3) is 0.235. The molecule has 0 saturated carbocycles. The van der Waals surface area contributed by atoms with Gasteiger partial charge in [0.05, 0.1) is 32.9 Å². The van der Waals surface area contributed by atoms with Gasteiger partial charge in [0, 0.05) is 43.3 Å². The second-order valence-corrected chi connectivity index (χ2v) is 6.37. The zero-order valence-corrected chi connectivity index (χ0v) is 15.4. The Morgan fingerprint density at radius 3 is 2.81 bits per heavy atom. The van der Waals surface area contributed by atoms with Crippen LogP contribution in [0.25, 0.3) is 10.9 Å². The number of aromatic nitrogens is 3. The van der Waals surface area contributed by atoms with Crippen LogP contribution in [0, 0.1) is 0 Å². The van der Waals surface area contributed by atoms with Crippen LogP contribution < -0.4 is 16.2 Å². The molecule has 0 aliphatic rings. The number of nitrogens with one attached hydrogen (secondary N) is 2. The molecular formula is C17H17Cl2N5O2. The topological polar surface area (TPSA) is 81.0 Å². The van der Waals surface area contributed by atoms with E-state index in [1.54, 1.807) is 24.0 Å². The van der Waals surface area contributed by atoms with E-state index < -0.39 is 12.9 Å². The first-order valence-corrected chi connectivity index (χ1v) is 8.40. The number of fused-ring (bicyclic) bond motifs is 1. The van der Waals surface area contributed by atoms with Crippen molar-refractivity contribution in [2.24, 2.45) is 7.05 Å². The van der Waals surface area contributed by atoms with Crippen molar-refractivity contribution < 1.29 is 8.91 Å². The minimum Gasteiger partial charge on any atom is -0.355 e. The number of hydrogen-bond acceptors (Lipinski definition) is 4. The molecule has 0 spiro atoms. The quantitative estimate of drug-likeness (QED) is 0.663. The molecule has 0 atom stereocenters. The minimum atomic E-state index is -2.67. The van der Waals surface area contributed by atoms with Crippen molar-refractivity contribution in [2.45, 2.75) is 13.5 Å². The molecule has 0 saturated heterocycles. The first-order valence-electron chi connectivity index (χ1n) is 9.15. The van der Waals surface area contributed by atoms with Crippen LogP contribution >= 0.6 is 23.2 Å². The Bertz CT molecular complexity index is 1170. The molecule has 7 nitrogen and oxygen atoms in total. The summed E-state index contributed by atoms with van der Waals surface area (Å²) >= 11 is 12.3. The predicted molar refractivity (Wildman–Crippen MR) is 104 cm³/mol. The molecule has 0 fully saturated rings. The van der Waals surface area contributed by atoms with Crippen LogP contribution in [0.15, 0.2) is 29.5 Å². The van der Waals surface area contributed by atoms with E-state index in [2.05, 4.69) is 10.3 Å². The maximum atomic E-state index is 12.9. The summed E-state index contributed by atoms with van der Waals surface area (Å²) in [6.07, 6.45) is 4.38. The standard InChI is InChI=1S/C17H17Cl2N5O2/c1-4-24-7-10(18)15-14(17(24)26)12(8-23(15)3)22-11-5-13(19)21-6-9(11)16(25)20-2/h5-8H,4H2,1-3H3,(H,20,25)(H,21,22)/i2D3. The number of hydrogen-bond donors (Lipinski definition) is 2. The molecule has 3 rings (SSSR count). The number of nitrogens with zero attached hydrogens (tertiary/aromatic N) is 3. The molecule has 9 heteroatoms. The van der Waals surface area contributed by atoms with Crippen molar-refractivity contribution in [3.05, 3.63) is 50.7 Å². The lowest BCUT2D eigenvalue weighted by atomic mass is 10.2. The summed E-state index contributed by atoms with van der Waals surface area (Å²) in [5.74, 6) is -0.860. The SMILES string of the molecule is [2H]C([2H])([2H])NC(=O)c1cnc(Cl)cc1Nc1cn(C)c2c(Cl)cn(CC)c(=O)c12. The summed E-state index contributed by atoms with van der Waals surface area (Å²) in [7, 11) is 1.73. The number of amides is 1. The van der Waals surface area contributed by atoms with Gasteiger partial charge in [0.25, 0.3) is 11.5 Å². The lowest BCUT2D eigenvalue weighted by molar-refractivity contribution is 0.0963. The van der Waals surface area contributed by atoms with Crippen LogP contribution in [-0.4, -0.2) is 27.0 Å². The van der Waals surface area contributed by atoms with Gasteiger partial charge in [0.2, 0.25) is 0 Å². The second kappa shape index (κ2) is 7.01. The molecule has 3 aromatic heterocycles. The first kappa shape index (κ1) is 14.6. The van der Waals surface area contributed by atoms with E-state index in [4.69, 9.17) is 27.3 Å². The normalized spacial score (nSPS) is 13.2. The summed E-state index contributed by atoms with van der Waals surface area (Å²) in [5, 5.41) is 5.72. The molecule has 136 valence electrons. The van der Waals surface area contributed by atoms with Gasteiger partial charge in [-0.3, -0.25) is 9.59 Å². The molecule has 0 aliphatic carbocycles. The average molecular weight is 397 g/mol. The van der Waals surface area contributed by atoms with E-state index in [0.717, 1.165) is 6.20 Å². The molecule has 0 aliphatic heterocycles. The van der Waals surface area contributed by atoms with Crippen molar-refractivity contribution in [1.82, 2.24) is 19.4 Å². The molecule has 0 aromatic carbocycles. The second-order valence-electron chi connectivity index (χ2n) is 5.58. The van der Waals surface area contributed by atoms with Crippen LogP contribution in [0.3, 0.4) is 0 Å². The highest BCUT2D eigenvalue weighted by Gasteiger charge is 2.18. The molecule has 2 N–H and O–H groups in total.